The van der Waals surface area contributed by atoms with Crippen LogP contribution in [0.2, 0.25) is 0 Å². The van der Waals surface area contributed by atoms with Gasteiger partial charge in [0.05, 0.1) is 16.7 Å². The Kier molecular flexibility index (Phi) is 5.13. The van der Waals surface area contributed by atoms with E-state index in [-0.39, 0.29) is 0 Å². The van der Waals surface area contributed by atoms with Gasteiger partial charge in [-0.05, 0) is 55.0 Å². The molecule has 1 aliphatic heterocycles. The highest BCUT2D eigenvalue weighted by Crippen LogP contribution is 2.41. The van der Waals surface area contributed by atoms with Crippen molar-refractivity contribution in [2.24, 2.45) is 0 Å². The van der Waals surface area contributed by atoms with E-state index in [1.54, 1.807) is 12.1 Å². The fraction of sp³-hybridized carbons (Fsp3) is 0.0800. The molecule has 0 aliphatic carbocycles. The molecule has 3 aromatic carbocycles. The maximum atomic E-state index is 13.2. The Labute approximate surface area is 199 Å². The summed E-state index contributed by atoms with van der Waals surface area (Å²) in [6, 6.07) is 17.3. The van der Waals surface area contributed by atoms with Crippen LogP contribution < -0.4 is 4.99 Å². The molecule has 160 valence electrons. The number of nitrogens with one attached hydrogen (secondary N) is 2. The molecular weight excluding hydrogens is 545 g/mol. The first-order chi connectivity index (χ1) is 15.2. The van der Waals surface area contributed by atoms with Crippen molar-refractivity contribution in [3.8, 4) is 0 Å². The molecule has 0 radical (unpaired) electrons. The van der Waals surface area contributed by atoms with E-state index in [1.807, 2.05) is 49.5 Å². The van der Waals surface area contributed by atoms with Gasteiger partial charge in [-0.1, -0.05) is 44.0 Å². The number of benzene rings is 3. The van der Waals surface area contributed by atoms with Crippen LogP contribution in [0.15, 0.2) is 69.6 Å². The first-order valence-corrected chi connectivity index (χ1v) is 11.4. The zero-order valence-electron chi connectivity index (χ0n) is 16.7. The number of aromatic nitrogens is 1. The lowest BCUT2D eigenvalue weighted by molar-refractivity contribution is -0.342. The summed E-state index contributed by atoms with van der Waals surface area (Å²) in [6.07, 6.45) is -2.47. The summed E-state index contributed by atoms with van der Waals surface area (Å²) < 4.78 is 41.5. The first kappa shape index (κ1) is 21.2. The van der Waals surface area contributed by atoms with Gasteiger partial charge in [0.2, 0.25) is 5.69 Å². The van der Waals surface area contributed by atoms with Crippen LogP contribution >= 0.6 is 31.9 Å². The zero-order chi connectivity index (χ0) is 22.6. The second-order valence-electron chi connectivity index (χ2n) is 7.66. The van der Waals surface area contributed by atoms with Gasteiger partial charge in [0.1, 0.15) is 0 Å². The second kappa shape index (κ2) is 7.74. The number of allylic oxidation sites excluding steroid dienone is 1. The standard InChI is InChI=1S/C25H15Br2F3N2/c1-13-23(19-11-17(27)7-9-22(19)32-13)24(14-2-4-15(5-3-14)25(28,29)30)20-12-31-21-8-6-16(26)10-18(20)21/h2-12,32H,1H3/p+1/b24-20+. The molecule has 0 amide bonds. The number of H-pyrrole nitrogens is 1. The van der Waals surface area contributed by atoms with Crippen molar-refractivity contribution >= 4 is 65.8 Å². The lowest BCUT2D eigenvalue weighted by atomic mass is 9.88. The minimum atomic E-state index is -4.38. The third kappa shape index (κ3) is 3.63. The highest BCUT2D eigenvalue weighted by molar-refractivity contribution is 9.10. The van der Waals surface area contributed by atoms with Crippen molar-refractivity contribution in [3.63, 3.8) is 0 Å². The van der Waals surface area contributed by atoms with Gasteiger partial charge >= 0.3 is 6.18 Å². The van der Waals surface area contributed by atoms with Gasteiger partial charge < -0.3 is 4.98 Å². The van der Waals surface area contributed by atoms with Crippen LogP contribution in [0, 0.1) is 6.92 Å². The van der Waals surface area contributed by atoms with E-state index in [2.05, 4.69) is 41.8 Å². The Morgan fingerprint density at radius 1 is 0.906 bits per heavy atom. The highest BCUT2D eigenvalue weighted by atomic mass is 79.9. The van der Waals surface area contributed by atoms with E-state index in [0.717, 1.165) is 65.6 Å². The third-order valence-electron chi connectivity index (χ3n) is 5.61. The van der Waals surface area contributed by atoms with Crippen LogP contribution in [0.3, 0.4) is 0 Å². The van der Waals surface area contributed by atoms with Crippen LogP contribution in [0.1, 0.15) is 27.9 Å². The molecule has 7 heteroatoms. The van der Waals surface area contributed by atoms with Gasteiger partial charge in [-0.2, -0.15) is 13.2 Å². The number of fused-ring (bicyclic) bond motifs is 2. The van der Waals surface area contributed by atoms with Crippen LogP contribution in [0.5, 0.6) is 0 Å². The summed E-state index contributed by atoms with van der Waals surface area (Å²) in [5, 5.41) is 0.996. The maximum Gasteiger partial charge on any atom is 0.416 e. The summed E-state index contributed by atoms with van der Waals surface area (Å²) in [5.41, 5.74) is 6.63. The van der Waals surface area contributed by atoms with Crippen molar-refractivity contribution in [2.45, 2.75) is 13.1 Å². The van der Waals surface area contributed by atoms with E-state index in [4.69, 9.17) is 0 Å². The Morgan fingerprint density at radius 3 is 2.31 bits per heavy atom. The molecule has 5 rings (SSSR count). The predicted molar refractivity (Wildman–Crippen MR) is 129 cm³/mol. The average molecular weight is 561 g/mol. The van der Waals surface area contributed by atoms with Gasteiger partial charge in [-0.25, -0.2) is 4.99 Å². The molecular formula is C25H16Br2F3N2+. The van der Waals surface area contributed by atoms with Crippen molar-refractivity contribution < 1.29 is 18.2 Å². The highest BCUT2D eigenvalue weighted by Gasteiger charge is 2.31. The summed E-state index contributed by atoms with van der Waals surface area (Å²) in [7, 11) is 0. The monoisotopic (exact) mass is 559 g/mol. The van der Waals surface area contributed by atoms with Crippen molar-refractivity contribution in [2.75, 3.05) is 0 Å². The molecule has 0 atom stereocenters. The number of hydrogen-bond acceptors (Lipinski definition) is 0. The van der Waals surface area contributed by atoms with Gasteiger partial charge in [-0.15, -0.1) is 0 Å². The van der Waals surface area contributed by atoms with Gasteiger partial charge in [0.25, 0.3) is 0 Å². The molecule has 0 spiro atoms. The fourth-order valence-electron chi connectivity index (χ4n) is 4.18. The molecule has 2 N–H and O–H groups in total. The maximum absolute atomic E-state index is 13.2. The molecule has 1 aromatic heterocycles. The topological polar surface area (TPSA) is 29.8 Å². The van der Waals surface area contributed by atoms with Gasteiger partial charge in [-0.3, -0.25) is 0 Å². The predicted octanol–water partition coefficient (Wildman–Crippen LogP) is 6.78. The molecule has 2 nitrogen and oxygen atoms in total. The average Bonchev–Trinajstić information content (AvgIpc) is 3.29. The minimum Gasteiger partial charge on any atom is -0.358 e. The van der Waals surface area contributed by atoms with Crippen LogP contribution in [-0.4, -0.2) is 11.2 Å². The normalized spacial score (nSPS) is 14.8. The summed E-state index contributed by atoms with van der Waals surface area (Å²) >= 11 is 7.09. The number of aryl methyl sites for hydroxylation is 1. The van der Waals surface area contributed by atoms with Crippen molar-refractivity contribution in [3.05, 3.63) is 97.6 Å². The number of alkyl halides is 3. The van der Waals surface area contributed by atoms with Crippen molar-refractivity contribution in [1.29, 1.82) is 0 Å². The van der Waals surface area contributed by atoms with Gasteiger partial charge in [0, 0.05) is 42.7 Å². The Balaban J connectivity index is 1.84. The lowest BCUT2D eigenvalue weighted by Crippen LogP contribution is -2.58. The molecule has 0 bridgehead atoms. The fourth-order valence-corrected chi connectivity index (χ4v) is 4.90. The van der Waals surface area contributed by atoms with E-state index >= 15 is 0 Å². The molecule has 0 unspecified atom stereocenters. The van der Waals surface area contributed by atoms with E-state index < -0.39 is 11.7 Å². The largest absolute Gasteiger partial charge is 0.416 e. The number of halogens is 5. The summed E-state index contributed by atoms with van der Waals surface area (Å²) in [5.74, 6) is 0. The minimum absolute atomic E-state index is 0.666. The lowest BCUT2D eigenvalue weighted by Gasteiger charge is -2.14. The van der Waals surface area contributed by atoms with E-state index in [0.29, 0.717) is 5.56 Å². The van der Waals surface area contributed by atoms with Crippen LogP contribution in [-0.2, 0) is 6.18 Å². The number of rotatable bonds is 2. The molecule has 0 fully saturated rings. The van der Waals surface area contributed by atoms with E-state index in [9.17, 15) is 13.2 Å². The molecule has 2 heterocycles. The zero-order valence-corrected chi connectivity index (χ0v) is 19.9. The Morgan fingerprint density at radius 2 is 1.59 bits per heavy atom. The van der Waals surface area contributed by atoms with Crippen LogP contribution in [0.4, 0.5) is 18.9 Å². The Hall–Kier alpha value is -2.64. The quantitative estimate of drug-likeness (QED) is 0.271. The SMILES string of the molecule is Cc1[nH]c2ccc(Br)cc2c1/C(=C1\C=[NH+]c2ccc(Br)cc21)c1ccc(C(F)(F)F)cc1. The smallest absolute Gasteiger partial charge is 0.358 e. The molecule has 0 saturated heterocycles. The third-order valence-corrected chi connectivity index (χ3v) is 6.60. The number of hydrogen-bond donors (Lipinski definition) is 2. The van der Waals surface area contributed by atoms with Crippen LogP contribution in [0.25, 0.3) is 22.0 Å². The van der Waals surface area contributed by atoms with E-state index in [1.165, 1.54) is 0 Å². The first-order valence-electron chi connectivity index (χ1n) is 9.82. The molecule has 1 aliphatic rings. The molecule has 4 aromatic rings. The summed E-state index contributed by atoms with van der Waals surface area (Å²) in [6.45, 7) is 1.98. The molecule has 32 heavy (non-hydrogen) atoms. The van der Waals surface area contributed by atoms with Crippen molar-refractivity contribution in [1.82, 2.24) is 4.98 Å². The Bertz CT molecular complexity index is 1430. The second-order valence-corrected chi connectivity index (χ2v) is 9.49. The van der Waals surface area contributed by atoms with Gasteiger partial charge in [0.15, 0.2) is 6.21 Å². The molecule has 0 saturated carbocycles. The number of aromatic amines is 1. The summed E-state index contributed by atoms with van der Waals surface area (Å²) in [4.78, 5) is 6.72.